The van der Waals surface area contributed by atoms with E-state index in [0.29, 0.717) is 47.5 Å². The third-order valence-electron chi connectivity index (χ3n) is 5.90. The summed E-state index contributed by atoms with van der Waals surface area (Å²) in [5.41, 5.74) is 1.71. The predicted octanol–water partition coefficient (Wildman–Crippen LogP) is 2.76. The third kappa shape index (κ3) is 4.13. The van der Waals surface area contributed by atoms with Crippen LogP contribution in [0.1, 0.15) is 17.8 Å². The maximum Gasteiger partial charge on any atom is 0.227 e. The number of aryl methyl sites for hydroxylation is 1. The lowest BCUT2D eigenvalue weighted by atomic mass is 10.1. The topological polar surface area (TPSA) is 85.7 Å². The molecule has 1 saturated heterocycles. The maximum absolute atomic E-state index is 14.6. The zero-order valence-corrected chi connectivity index (χ0v) is 18.1. The van der Waals surface area contributed by atoms with Crippen LogP contribution in [0, 0.1) is 18.7 Å². The molecule has 2 aliphatic heterocycles. The fourth-order valence-corrected chi connectivity index (χ4v) is 4.15. The van der Waals surface area contributed by atoms with Gasteiger partial charge in [0.25, 0.3) is 0 Å². The second-order valence-corrected chi connectivity index (χ2v) is 8.08. The molecule has 170 valence electrons. The van der Waals surface area contributed by atoms with E-state index in [1.54, 1.807) is 59.1 Å². The number of ether oxygens (including phenoxy) is 2. The molecule has 33 heavy (non-hydrogen) atoms. The highest BCUT2D eigenvalue weighted by Crippen LogP contribution is 2.36. The van der Waals surface area contributed by atoms with Crippen LogP contribution >= 0.6 is 0 Å². The summed E-state index contributed by atoms with van der Waals surface area (Å²) in [6.45, 7) is 3.20. The van der Waals surface area contributed by atoms with Crippen molar-refractivity contribution in [3.8, 4) is 17.2 Å². The number of imidazole rings is 1. The summed E-state index contributed by atoms with van der Waals surface area (Å²) in [5.74, 6) is 0.676. The first-order valence-electron chi connectivity index (χ1n) is 10.8. The SMILES string of the molecule is Cc1nccn1-c1ccc(CNC(=O)C2CC(=O)N(c3ccc4c(c3)OCCO4)C2)cc1F. The van der Waals surface area contributed by atoms with Crippen molar-refractivity contribution in [2.45, 2.75) is 19.9 Å². The third-order valence-corrected chi connectivity index (χ3v) is 5.90. The number of hydrogen-bond donors (Lipinski definition) is 1. The lowest BCUT2D eigenvalue weighted by molar-refractivity contribution is -0.126. The zero-order chi connectivity index (χ0) is 22.9. The van der Waals surface area contributed by atoms with Gasteiger partial charge in [0, 0.05) is 43.7 Å². The Morgan fingerprint density at radius 3 is 2.76 bits per heavy atom. The van der Waals surface area contributed by atoms with E-state index in [0.717, 1.165) is 0 Å². The number of hydrogen-bond acceptors (Lipinski definition) is 5. The van der Waals surface area contributed by atoms with Crippen molar-refractivity contribution in [1.29, 1.82) is 0 Å². The fourth-order valence-electron chi connectivity index (χ4n) is 4.15. The van der Waals surface area contributed by atoms with E-state index < -0.39 is 11.7 Å². The van der Waals surface area contributed by atoms with Gasteiger partial charge >= 0.3 is 0 Å². The Labute approximate surface area is 189 Å². The minimum absolute atomic E-state index is 0.119. The summed E-state index contributed by atoms with van der Waals surface area (Å²) in [6.07, 6.45) is 3.42. The van der Waals surface area contributed by atoms with Gasteiger partial charge in [-0.3, -0.25) is 9.59 Å². The summed E-state index contributed by atoms with van der Waals surface area (Å²) in [5, 5.41) is 2.83. The smallest absolute Gasteiger partial charge is 0.227 e. The molecule has 0 radical (unpaired) electrons. The van der Waals surface area contributed by atoms with Gasteiger partial charge in [0.1, 0.15) is 24.9 Å². The number of amides is 2. The Balaban J connectivity index is 1.22. The zero-order valence-electron chi connectivity index (χ0n) is 18.1. The molecule has 2 aliphatic rings. The summed E-state index contributed by atoms with van der Waals surface area (Å²) < 4.78 is 27.4. The molecular formula is C24H23FN4O4. The average Bonchev–Trinajstić information content (AvgIpc) is 3.42. The van der Waals surface area contributed by atoms with Crippen LogP contribution in [0.4, 0.5) is 10.1 Å². The highest BCUT2D eigenvalue weighted by molar-refractivity contribution is 6.00. The highest BCUT2D eigenvalue weighted by atomic mass is 19.1. The Morgan fingerprint density at radius 1 is 1.18 bits per heavy atom. The molecule has 0 saturated carbocycles. The van der Waals surface area contributed by atoms with Crippen molar-refractivity contribution < 1.29 is 23.5 Å². The number of benzene rings is 2. The minimum Gasteiger partial charge on any atom is -0.486 e. The molecule has 2 aromatic carbocycles. The molecule has 0 bridgehead atoms. The van der Waals surface area contributed by atoms with E-state index in [9.17, 15) is 14.0 Å². The van der Waals surface area contributed by atoms with E-state index in [1.165, 1.54) is 6.07 Å². The van der Waals surface area contributed by atoms with Gasteiger partial charge in [0.15, 0.2) is 11.5 Å². The van der Waals surface area contributed by atoms with Gasteiger partial charge in [-0.15, -0.1) is 0 Å². The van der Waals surface area contributed by atoms with Gasteiger partial charge in [-0.2, -0.15) is 0 Å². The quantitative estimate of drug-likeness (QED) is 0.646. The van der Waals surface area contributed by atoms with E-state index in [1.807, 2.05) is 0 Å². The molecule has 1 unspecified atom stereocenters. The van der Waals surface area contributed by atoms with Crippen molar-refractivity contribution in [3.05, 3.63) is 66.0 Å². The van der Waals surface area contributed by atoms with Gasteiger partial charge in [-0.1, -0.05) is 6.07 Å². The van der Waals surface area contributed by atoms with Crippen LogP contribution in [0.2, 0.25) is 0 Å². The van der Waals surface area contributed by atoms with E-state index in [-0.39, 0.29) is 31.3 Å². The summed E-state index contributed by atoms with van der Waals surface area (Å²) in [4.78, 5) is 31.0. The highest BCUT2D eigenvalue weighted by Gasteiger charge is 2.35. The predicted molar refractivity (Wildman–Crippen MR) is 118 cm³/mol. The summed E-state index contributed by atoms with van der Waals surface area (Å²) >= 11 is 0. The molecule has 1 atom stereocenters. The molecule has 0 spiro atoms. The number of nitrogens with zero attached hydrogens (tertiary/aromatic N) is 3. The lowest BCUT2D eigenvalue weighted by Gasteiger charge is -2.22. The Morgan fingerprint density at radius 2 is 2.00 bits per heavy atom. The number of nitrogens with one attached hydrogen (secondary N) is 1. The van der Waals surface area contributed by atoms with Crippen molar-refractivity contribution in [1.82, 2.24) is 14.9 Å². The van der Waals surface area contributed by atoms with Crippen LogP contribution in [0.3, 0.4) is 0 Å². The lowest BCUT2D eigenvalue weighted by Crippen LogP contribution is -2.32. The normalized spacial score (nSPS) is 17.3. The second kappa shape index (κ2) is 8.57. The molecular weight excluding hydrogens is 427 g/mol. The van der Waals surface area contributed by atoms with Crippen LogP contribution in [0.5, 0.6) is 11.5 Å². The van der Waals surface area contributed by atoms with Crippen molar-refractivity contribution >= 4 is 17.5 Å². The molecule has 8 nitrogen and oxygen atoms in total. The number of anilines is 1. The first-order valence-corrected chi connectivity index (χ1v) is 10.8. The molecule has 9 heteroatoms. The van der Waals surface area contributed by atoms with Gasteiger partial charge in [0.05, 0.1) is 11.6 Å². The van der Waals surface area contributed by atoms with E-state index in [2.05, 4.69) is 10.3 Å². The first kappa shape index (κ1) is 21.0. The second-order valence-electron chi connectivity index (χ2n) is 8.08. The van der Waals surface area contributed by atoms with Crippen molar-refractivity contribution in [3.63, 3.8) is 0 Å². The van der Waals surface area contributed by atoms with Crippen LogP contribution in [-0.2, 0) is 16.1 Å². The van der Waals surface area contributed by atoms with Gasteiger partial charge in [-0.05, 0) is 36.8 Å². The van der Waals surface area contributed by atoms with E-state index in [4.69, 9.17) is 9.47 Å². The molecule has 3 aromatic rings. The summed E-state index contributed by atoms with van der Waals surface area (Å²) in [6, 6.07) is 10.1. The molecule has 0 aliphatic carbocycles. The molecule has 3 heterocycles. The van der Waals surface area contributed by atoms with Crippen LogP contribution in [0.15, 0.2) is 48.8 Å². The average molecular weight is 450 g/mol. The monoisotopic (exact) mass is 450 g/mol. The number of carbonyl (C=O) groups excluding carboxylic acids is 2. The van der Waals surface area contributed by atoms with Crippen molar-refractivity contribution in [2.75, 3.05) is 24.7 Å². The Bertz CT molecular complexity index is 1220. The van der Waals surface area contributed by atoms with Crippen LogP contribution < -0.4 is 19.7 Å². The number of carbonyl (C=O) groups is 2. The molecule has 5 rings (SSSR count). The van der Waals surface area contributed by atoms with Gasteiger partial charge in [0.2, 0.25) is 11.8 Å². The van der Waals surface area contributed by atoms with Crippen molar-refractivity contribution in [2.24, 2.45) is 5.92 Å². The Kier molecular flexibility index (Phi) is 5.45. The fraction of sp³-hybridized carbons (Fsp3) is 0.292. The van der Waals surface area contributed by atoms with E-state index >= 15 is 0 Å². The molecule has 1 N–H and O–H groups in total. The number of fused-ring (bicyclic) bond motifs is 1. The van der Waals surface area contributed by atoms with Gasteiger partial charge in [-0.25, -0.2) is 9.37 Å². The summed E-state index contributed by atoms with van der Waals surface area (Å²) in [7, 11) is 0. The minimum atomic E-state index is -0.483. The maximum atomic E-state index is 14.6. The Hall–Kier alpha value is -3.88. The largest absolute Gasteiger partial charge is 0.486 e. The number of halogens is 1. The molecule has 1 fully saturated rings. The standard InChI is InChI=1S/C24H23FN4O4/c1-15-26-6-7-28(15)20-4-2-16(10-19(20)25)13-27-24(31)17-11-23(30)29(14-17)18-3-5-21-22(12-18)33-9-8-32-21/h2-7,10,12,17H,8-9,11,13-14H2,1H3,(H,27,31). The number of aromatic nitrogens is 2. The molecule has 2 amide bonds. The van der Waals surface area contributed by atoms with Gasteiger partial charge < -0.3 is 24.3 Å². The van der Waals surface area contributed by atoms with Crippen LogP contribution in [0.25, 0.3) is 5.69 Å². The first-order chi connectivity index (χ1) is 16.0. The number of rotatable bonds is 5. The van der Waals surface area contributed by atoms with Crippen LogP contribution in [-0.4, -0.2) is 41.1 Å². The molecule has 1 aromatic heterocycles.